The lowest BCUT2D eigenvalue weighted by molar-refractivity contribution is 0.0699. The van der Waals surface area contributed by atoms with Gasteiger partial charge in [-0.3, -0.25) is 4.79 Å². The number of amides is 1. The fraction of sp³-hybridized carbons (Fsp3) is 0. The molecule has 0 saturated heterocycles. The van der Waals surface area contributed by atoms with E-state index in [0.29, 0.717) is 27.6 Å². The number of carboxylic acid groups (broad SMARTS) is 1. The fourth-order valence-corrected chi connectivity index (χ4v) is 2.36. The van der Waals surface area contributed by atoms with Crippen molar-refractivity contribution in [3.05, 3.63) is 70.6 Å². The molecular weight excluding hydrogens is 338 g/mol. The molecule has 4 heterocycles. The molecule has 26 heavy (non-hydrogen) atoms. The minimum atomic E-state index is -0.936. The van der Waals surface area contributed by atoms with Gasteiger partial charge in [0.2, 0.25) is 0 Å². The molecular formula is C16H11N7O3. The van der Waals surface area contributed by atoms with E-state index in [1.165, 1.54) is 12.4 Å². The zero-order valence-corrected chi connectivity index (χ0v) is 13.1. The first-order valence-corrected chi connectivity index (χ1v) is 7.28. The number of carbonyl (C=O) groups is 2. The van der Waals surface area contributed by atoms with Crippen molar-refractivity contribution in [2.24, 2.45) is 5.11 Å². The Morgan fingerprint density at radius 3 is 2.08 bits per heavy atom. The van der Waals surface area contributed by atoms with Crippen molar-refractivity contribution in [3.63, 3.8) is 0 Å². The summed E-state index contributed by atoms with van der Waals surface area (Å²) in [5, 5.41) is 13.0. The number of aromatic nitrogens is 4. The molecule has 0 saturated carbocycles. The van der Waals surface area contributed by atoms with Crippen LogP contribution in [0.15, 0.2) is 54.2 Å². The van der Waals surface area contributed by atoms with Crippen LogP contribution < -0.4 is 0 Å². The number of hydrogen-bond donors (Lipinski definition) is 3. The number of carboxylic acids is 1. The van der Waals surface area contributed by atoms with Crippen LogP contribution >= 0.6 is 0 Å². The summed E-state index contributed by atoms with van der Waals surface area (Å²) < 4.78 is 0. The van der Waals surface area contributed by atoms with Crippen molar-refractivity contribution in [2.45, 2.75) is 0 Å². The Hall–Kier alpha value is -4.17. The van der Waals surface area contributed by atoms with E-state index < -0.39 is 11.9 Å². The Morgan fingerprint density at radius 2 is 1.54 bits per heavy atom. The number of hydrogen-bond acceptors (Lipinski definition) is 4. The van der Waals surface area contributed by atoms with E-state index in [9.17, 15) is 9.59 Å². The Morgan fingerprint density at radius 1 is 1.00 bits per heavy atom. The Balaban J connectivity index is 0.000000152. The molecule has 0 fully saturated rings. The van der Waals surface area contributed by atoms with Crippen LogP contribution in [0.4, 0.5) is 0 Å². The lowest BCUT2D eigenvalue weighted by Gasteiger charge is -1.89. The number of pyridine rings is 2. The number of H-pyrrole nitrogens is 2. The van der Waals surface area contributed by atoms with Crippen molar-refractivity contribution in [1.29, 1.82) is 0 Å². The Labute approximate surface area is 145 Å². The SMILES string of the molecule is O=C(O)c1c[nH]c2ncccc12.[N-]=[N+]=NC(=O)c1c[nH]c2ncccc12. The third kappa shape index (κ3) is 3.21. The molecule has 10 heteroatoms. The molecule has 4 aromatic rings. The molecule has 0 atom stereocenters. The molecule has 0 aromatic carbocycles. The highest BCUT2D eigenvalue weighted by molar-refractivity contribution is 6.06. The Kier molecular flexibility index (Phi) is 4.59. The van der Waals surface area contributed by atoms with Gasteiger partial charge in [-0.15, -0.1) is 0 Å². The number of carbonyl (C=O) groups excluding carboxylic acids is 1. The van der Waals surface area contributed by atoms with Crippen molar-refractivity contribution >= 4 is 33.9 Å². The quantitative estimate of drug-likeness (QED) is 0.287. The van der Waals surface area contributed by atoms with Crippen molar-refractivity contribution < 1.29 is 14.7 Å². The maximum Gasteiger partial charge on any atom is 0.337 e. The topological polar surface area (TPSA) is 160 Å². The predicted octanol–water partition coefficient (Wildman–Crippen LogP) is 3.27. The van der Waals surface area contributed by atoms with Crippen molar-refractivity contribution in [1.82, 2.24) is 19.9 Å². The van der Waals surface area contributed by atoms with Gasteiger partial charge in [-0.05, 0) is 34.9 Å². The van der Waals surface area contributed by atoms with Gasteiger partial charge < -0.3 is 15.1 Å². The summed E-state index contributed by atoms with van der Waals surface area (Å²) >= 11 is 0. The average molecular weight is 349 g/mol. The van der Waals surface area contributed by atoms with Crippen molar-refractivity contribution in [3.8, 4) is 0 Å². The third-order valence-corrected chi connectivity index (χ3v) is 3.50. The molecule has 4 rings (SSSR count). The van der Waals surface area contributed by atoms with Crippen LogP contribution in [0, 0.1) is 0 Å². The molecule has 4 aromatic heterocycles. The van der Waals surface area contributed by atoms with Crippen LogP contribution in [0.25, 0.3) is 32.5 Å². The molecule has 0 radical (unpaired) electrons. The minimum absolute atomic E-state index is 0.262. The van der Waals surface area contributed by atoms with Gasteiger partial charge in [-0.25, -0.2) is 14.8 Å². The highest BCUT2D eigenvalue weighted by atomic mass is 16.4. The standard InChI is InChI=1S/C8H5N5O.C8H6N2O2/c9-13-12-8(14)6-4-11-7-5(6)2-1-3-10-7;11-8(12)6-4-10-7-5(6)2-1-3-9-7/h1-4H,(H,10,11);1-4H,(H,9,10)(H,11,12). The third-order valence-electron chi connectivity index (χ3n) is 3.50. The normalized spacial score (nSPS) is 10.0. The summed E-state index contributed by atoms with van der Waals surface area (Å²) in [6, 6.07) is 6.88. The van der Waals surface area contributed by atoms with E-state index in [4.69, 9.17) is 10.6 Å². The molecule has 0 bridgehead atoms. The number of aromatic carboxylic acids is 1. The number of nitrogens with zero attached hydrogens (tertiary/aromatic N) is 5. The van der Waals surface area contributed by atoms with E-state index in [2.05, 4.69) is 30.0 Å². The number of nitrogens with one attached hydrogen (secondary N) is 2. The molecule has 0 aliphatic rings. The maximum atomic E-state index is 11.3. The highest BCUT2D eigenvalue weighted by Gasteiger charge is 2.10. The first-order valence-electron chi connectivity index (χ1n) is 7.28. The van der Waals surface area contributed by atoms with Gasteiger partial charge in [0.05, 0.1) is 11.1 Å². The second kappa shape index (κ2) is 7.16. The van der Waals surface area contributed by atoms with Crippen LogP contribution in [0.3, 0.4) is 0 Å². The van der Waals surface area contributed by atoms with Gasteiger partial charge in [-0.2, -0.15) is 0 Å². The van der Waals surface area contributed by atoms with Gasteiger partial charge >= 0.3 is 5.97 Å². The molecule has 128 valence electrons. The lowest BCUT2D eigenvalue weighted by atomic mass is 10.2. The molecule has 0 aliphatic carbocycles. The van der Waals surface area contributed by atoms with Gasteiger partial charge in [0, 0.05) is 40.5 Å². The number of fused-ring (bicyclic) bond motifs is 2. The summed E-state index contributed by atoms with van der Waals surface area (Å²) in [6.07, 6.45) is 6.15. The Bertz CT molecular complexity index is 1150. The summed E-state index contributed by atoms with van der Waals surface area (Å²) in [5.74, 6) is -1.54. The number of rotatable bonds is 2. The second-order valence-corrected chi connectivity index (χ2v) is 5.00. The molecule has 3 N–H and O–H groups in total. The van der Waals surface area contributed by atoms with Gasteiger partial charge in [-0.1, -0.05) is 0 Å². The van der Waals surface area contributed by atoms with E-state index in [-0.39, 0.29) is 5.56 Å². The summed E-state index contributed by atoms with van der Waals surface area (Å²) in [6.45, 7) is 0. The molecule has 0 aliphatic heterocycles. The molecule has 0 spiro atoms. The fourth-order valence-electron chi connectivity index (χ4n) is 2.36. The summed E-state index contributed by atoms with van der Waals surface area (Å²) in [5.41, 5.74) is 9.93. The molecule has 0 unspecified atom stereocenters. The van der Waals surface area contributed by atoms with Crippen molar-refractivity contribution in [2.75, 3.05) is 0 Å². The zero-order valence-electron chi connectivity index (χ0n) is 13.1. The first kappa shape index (κ1) is 16.7. The van der Waals surface area contributed by atoms with Gasteiger partial charge in [0.1, 0.15) is 11.3 Å². The van der Waals surface area contributed by atoms with E-state index >= 15 is 0 Å². The van der Waals surface area contributed by atoms with Gasteiger partial charge in [0.25, 0.3) is 5.91 Å². The highest BCUT2D eigenvalue weighted by Crippen LogP contribution is 2.16. The minimum Gasteiger partial charge on any atom is -0.478 e. The van der Waals surface area contributed by atoms with Crippen LogP contribution in [0.1, 0.15) is 20.7 Å². The van der Waals surface area contributed by atoms with Crippen LogP contribution in [0.5, 0.6) is 0 Å². The van der Waals surface area contributed by atoms with Gasteiger partial charge in [0.15, 0.2) is 0 Å². The largest absolute Gasteiger partial charge is 0.478 e. The second-order valence-electron chi connectivity index (χ2n) is 5.00. The molecule has 1 amide bonds. The maximum absolute atomic E-state index is 11.3. The number of azide groups is 1. The summed E-state index contributed by atoms with van der Waals surface area (Å²) in [7, 11) is 0. The monoisotopic (exact) mass is 349 g/mol. The first-order chi connectivity index (χ1) is 12.6. The van der Waals surface area contributed by atoms with Crippen LogP contribution in [-0.4, -0.2) is 36.9 Å². The average Bonchev–Trinajstić information content (AvgIpc) is 3.27. The lowest BCUT2D eigenvalue weighted by Crippen LogP contribution is -1.93. The van der Waals surface area contributed by atoms with Crippen LogP contribution in [-0.2, 0) is 0 Å². The zero-order chi connectivity index (χ0) is 18.5. The van der Waals surface area contributed by atoms with E-state index in [1.807, 2.05) is 0 Å². The molecule has 10 nitrogen and oxygen atoms in total. The smallest absolute Gasteiger partial charge is 0.337 e. The van der Waals surface area contributed by atoms with E-state index in [1.54, 1.807) is 36.7 Å². The summed E-state index contributed by atoms with van der Waals surface area (Å²) in [4.78, 5) is 37.9. The van der Waals surface area contributed by atoms with E-state index in [0.717, 1.165) is 0 Å². The predicted molar refractivity (Wildman–Crippen MR) is 92.6 cm³/mol. The van der Waals surface area contributed by atoms with Crippen LogP contribution in [0.2, 0.25) is 0 Å². The number of aromatic amines is 2.